The Morgan fingerprint density at radius 1 is 1.31 bits per heavy atom. The van der Waals surface area contributed by atoms with E-state index in [0.29, 0.717) is 29.1 Å². The van der Waals surface area contributed by atoms with Crippen LogP contribution in [0.2, 0.25) is 0 Å². The molecular weight excluding hydrogens is 405 g/mol. The molecule has 1 fully saturated rings. The number of nitriles is 1. The van der Waals surface area contributed by atoms with E-state index in [2.05, 4.69) is 26.2 Å². The van der Waals surface area contributed by atoms with Crippen LogP contribution in [0.4, 0.5) is 13.2 Å². The van der Waals surface area contributed by atoms with Gasteiger partial charge in [0.05, 0.1) is 27.2 Å². The third-order valence-corrected chi connectivity index (χ3v) is 6.32. The lowest BCUT2D eigenvalue weighted by molar-refractivity contribution is -0.141. The summed E-state index contributed by atoms with van der Waals surface area (Å²) in [6, 6.07) is 4.80. The molecule has 1 unspecified atom stereocenters. The molecule has 1 aliphatic carbocycles. The second-order valence-electron chi connectivity index (χ2n) is 6.83. The third kappa shape index (κ3) is 3.17. The van der Waals surface area contributed by atoms with Crippen LogP contribution in [-0.4, -0.2) is 34.7 Å². The molecule has 29 heavy (non-hydrogen) atoms. The fourth-order valence-electron chi connectivity index (χ4n) is 3.13. The maximum absolute atomic E-state index is 12.9. The Labute approximate surface area is 166 Å². The van der Waals surface area contributed by atoms with Crippen LogP contribution in [0, 0.1) is 11.3 Å². The number of nitrogens with zero attached hydrogens (tertiary/aromatic N) is 6. The van der Waals surface area contributed by atoms with E-state index in [9.17, 15) is 22.6 Å². The molecule has 7 nitrogen and oxygen atoms in total. The van der Waals surface area contributed by atoms with Gasteiger partial charge in [-0.3, -0.25) is 9.19 Å². The molecule has 0 radical (unpaired) electrons. The van der Waals surface area contributed by atoms with Crippen molar-refractivity contribution in [2.75, 3.05) is 5.75 Å². The molecule has 4 rings (SSSR count). The number of fused-ring (bicyclic) bond motifs is 1. The Morgan fingerprint density at radius 2 is 2.03 bits per heavy atom. The molecule has 3 aromatic heterocycles. The summed E-state index contributed by atoms with van der Waals surface area (Å²) < 4.78 is 53.0. The van der Waals surface area contributed by atoms with Crippen LogP contribution in [-0.2, 0) is 29.4 Å². The lowest BCUT2D eigenvalue weighted by Gasteiger charge is -2.12. The second kappa shape index (κ2) is 6.59. The minimum absolute atomic E-state index is 0.0135. The molecule has 0 aliphatic heterocycles. The fourth-order valence-corrected chi connectivity index (χ4v) is 4.06. The van der Waals surface area contributed by atoms with Gasteiger partial charge >= 0.3 is 6.18 Å². The van der Waals surface area contributed by atoms with Crippen molar-refractivity contribution < 1.29 is 17.4 Å². The summed E-state index contributed by atoms with van der Waals surface area (Å²) in [6.45, 7) is 1.75. The number of hydrogen-bond donors (Lipinski definition) is 0. The maximum Gasteiger partial charge on any atom is 0.435 e. The van der Waals surface area contributed by atoms with Crippen LogP contribution in [0.25, 0.3) is 22.7 Å². The van der Waals surface area contributed by atoms with Gasteiger partial charge in [-0.2, -0.15) is 18.4 Å². The van der Waals surface area contributed by atoms with Gasteiger partial charge in [-0.15, -0.1) is 10.2 Å². The summed E-state index contributed by atoms with van der Waals surface area (Å²) in [7, 11) is 0.170. The van der Waals surface area contributed by atoms with E-state index in [1.54, 1.807) is 26.2 Å². The van der Waals surface area contributed by atoms with Crippen molar-refractivity contribution in [3.8, 4) is 17.6 Å². The van der Waals surface area contributed by atoms with E-state index >= 15 is 0 Å². The highest BCUT2D eigenvalue weighted by Gasteiger charge is 2.45. The number of hydrogen-bond acceptors (Lipinski definition) is 6. The average Bonchev–Trinajstić information content (AvgIpc) is 3.44. The maximum atomic E-state index is 12.9. The van der Waals surface area contributed by atoms with Crippen LogP contribution in [0.3, 0.4) is 0 Å². The highest BCUT2D eigenvalue weighted by atomic mass is 32.2. The van der Waals surface area contributed by atoms with Crippen molar-refractivity contribution in [1.29, 1.82) is 5.26 Å². The van der Waals surface area contributed by atoms with E-state index in [-0.39, 0.29) is 22.7 Å². The van der Waals surface area contributed by atoms with Gasteiger partial charge in [0, 0.05) is 25.1 Å². The van der Waals surface area contributed by atoms with Crippen molar-refractivity contribution in [1.82, 2.24) is 24.7 Å². The molecule has 0 spiro atoms. The SMILES string of the molecule is CCS(=O)c1cc(C2(C#N)CC2)cnc1-c1nc2cc(C(F)(F)F)nnc2n1C. The molecule has 0 saturated heterocycles. The normalized spacial score (nSPS) is 16.6. The number of aromatic nitrogens is 5. The van der Waals surface area contributed by atoms with Gasteiger partial charge in [0.25, 0.3) is 0 Å². The number of alkyl halides is 3. The number of rotatable bonds is 4. The molecule has 1 atom stereocenters. The number of aryl methyl sites for hydroxylation is 1. The predicted molar refractivity (Wildman–Crippen MR) is 98.0 cm³/mol. The van der Waals surface area contributed by atoms with Crippen LogP contribution in [0.15, 0.2) is 23.2 Å². The molecule has 3 heterocycles. The summed E-state index contributed by atoms with van der Waals surface area (Å²) in [4.78, 5) is 9.06. The zero-order valence-electron chi connectivity index (χ0n) is 15.5. The van der Waals surface area contributed by atoms with E-state index < -0.39 is 28.1 Å². The van der Waals surface area contributed by atoms with Gasteiger partial charge in [-0.1, -0.05) is 6.92 Å². The number of pyridine rings is 1. The van der Waals surface area contributed by atoms with E-state index in [0.717, 1.165) is 6.07 Å². The smallest absolute Gasteiger partial charge is 0.309 e. The number of imidazole rings is 1. The van der Waals surface area contributed by atoms with Crippen molar-refractivity contribution in [2.45, 2.75) is 36.3 Å². The summed E-state index contributed by atoms with van der Waals surface area (Å²) in [5, 5.41) is 16.3. The molecule has 150 valence electrons. The second-order valence-corrected chi connectivity index (χ2v) is 8.54. The zero-order chi connectivity index (χ0) is 21.0. The lowest BCUT2D eigenvalue weighted by atomic mass is 9.99. The van der Waals surface area contributed by atoms with Gasteiger partial charge < -0.3 is 4.57 Å². The summed E-state index contributed by atoms with van der Waals surface area (Å²) >= 11 is 0. The molecule has 0 N–H and O–H groups in total. The predicted octanol–water partition coefficient (Wildman–Crippen LogP) is 3.13. The Kier molecular flexibility index (Phi) is 4.42. The monoisotopic (exact) mass is 420 g/mol. The van der Waals surface area contributed by atoms with Crippen molar-refractivity contribution in [3.63, 3.8) is 0 Å². The average molecular weight is 420 g/mol. The Morgan fingerprint density at radius 3 is 2.62 bits per heavy atom. The van der Waals surface area contributed by atoms with Crippen molar-refractivity contribution in [2.24, 2.45) is 7.05 Å². The Bertz CT molecular complexity index is 1190. The van der Waals surface area contributed by atoms with Gasteiger partial charge in [-0.05, 0) is 24.5 Å². The Hall–Kier alpha value is -2.87. The molecule has 0 aromatic carbocycles. The van der Waals surface area contributed by atoms with E-state index in [1.165, 1.54) is 4.57 Å². The van der Waals surface area contributed by atoms with Crippen molar-refractivity contribution in [3.05, 3.63) is 29.6 Å². The molecule has 0 amide bonds. The summed E-state index contributed by atoms with van der Waals surface area (Å²) in [5.41, 5.74) is -0.588. The molecule has 11 heteroatoms. The largest absolute Gasteiger partial charge is 0.435 e. The third-order valence-electron chi connectivity index (χ3n) is 5.00. The van der Waals surface area contributed by atoms with Crippen LogP contribution in [0.1, 0.15) is 31.0 Å². The summed E-state index contributed by atoms with van der Waals surface area (Å²) in [5.74, 6) is 0.554. The minimum atomic E-state index is -4.64. The van der Waals surface area contributed by atoms with E-state index in [1.807, 2.05) is 0 Å². The first kappa shape index (κ1) is 19.4. The molecule has 1 aliphatic rings. The Balaban J connectivity index is 1.90. The minimum Gasteiger partial charge on any atom is -0.309 e. The molecule has 3 aromatic rings. The highest BCUT2D eigenvalue weighted by molar-refractivity contribution is 7.85. The first-order chi connectivity index (χ1) is 13.7. The fraction of sp³-hybridized carbons (Fsp3) is 0.389. The van der Waals surface area contributed by atoms with Gasteiger partial charge in [0.1, 0.15) is 11.2 Å². The summed E-state index contributed by atoms with van der Waals surface area (Å²) in [6.07, 6.45) is -1.66. The zero-order valence-corrected chi connectivity index (χ0v) is 16.3. The first-order valence-electron chi connectivity index (χ1n) is 8.78. The van der Waals surface area contributed by atoms with E-state index in [4.69, 9.17) is 0 Å². The molecule has 1 saturated carbocycles. The topological polar surface area (TPSA) is 97.3 Å². The highest BCUT2D eigenvalue weighted by Crippen LogP contribution is 2.48. The van der Waals surface area contributed by atoms with Crippen LogP contribution >= 0.6 is 0 Å². The first-order valence-corrected chi connectivity index (χ1v) is 10.1. The lowest BCUT2D eigenvalue weighted by Crippen LogP contribution is -2.09. The molecule has 0 bridgehead atoms. The quantitative estimate of drug-likeness (QED) is 0.643. The number of halogens is 3. The van der Waals surface area contributed by atoms with Gasteiger partial charge in [0.2, 0.25) is 0 Å². The van der Waals surface area contributed by atoms with Gasteiger partial charge in [0.15, 0.2) is 17.2 Å². The van der Waals surface area contributed by atoms with Gasteiger partial charge in [-0.25, -0.2) is 4.98 Å². The van der Waals surface area contributed by atoms with Crippen LogP contribution < -0.4 is 0 Å². The van der Waals surface area contributed by atoms with Crippen LogP contribution in [0.5, 0.6) is 0 Å². The van der Waals surface area contributed by atoms with Crippen molar-refractivity contribution >= 4 is 22.0 Å². The standard InChI is InChI=1S/C18H15F3N6OS/c1-3-29(28)12-6-10(17(9-22)4-5-17)8-23-14(12)16-24-11-7-13(18(19,20)21)25-26-15(11)27(16)2/h6-8H,3-5H2,1-2H3. The molecular formula is C18H15F3N6OS.